The molecule has 0 spiro atoms. The summed E-state index contributed by atoms with van der Waals surface area (Å²) >= 11 is 0.751. The molecule has 0 unspecified atom stereocenters. The number of hydrogen-bond donors (Lipinski definition) is 1. The summed E-state index contributed by atoms with van der Waals surface area (Å²) < 4.78 is 40.1. The summed E-state index contributed by atoms with van der Waals surface area (Å²) in [6, 6.07) is 12.4. The molecular formula is C17H13FN4O3S2. The van der Waals surface area contributed by atoms with E-state index < -0.39 is 21.7 Å². The van der Waals surface area contributed by atoms with Gasteiger partial charge in [0.25, 0.3) is 20.3 Å². The van der Waals surface area contributed by atoms with Gasteiger partial charge in [-0.1, -0.05) is 35.6 Å². The molecule has 1 aliphatic heterocycles. The number of amides is 1. The van der Waals surface area contributed by atoms with Gasteiger partial charge in [-0.3, -0.25) is 14.4 Å². The van der Waals surface area contributed by atoms with Crippen LogP contribution < -0.4 is 9.62 Å². The molecule has 0 bridgehead atoms. The zero-order valence-electron chi connectivity index (χ0n) is 13.8. The van der Waals surface area contributed by atoms with E-state index in [1.807, 2.05) is 12.1 Å². The Hall–Kier alpha value is -2.85. The number of para-hydroxylation sites is 1. The molecule has 0 saturated carbocycles. The summed E-state index contributed by atoms with van der Waals surface area (Å²) in [6.45, 7) is 0.326. The summed E-state index contributed by atoms with van der Waals surface area (Å²) in [7, 11) is -3.87. The van der Waals surface area contributed by atoms with Crippen molar-refractivity contribution in [3.05, 3.63) is 65.5 Å². The van der Waals surface area contributed by atoms with Crippen LogP contribution in [-0.4, -0.2) is 31.1 Å². The first-order chi connectivity index (χ1) is 12.9. The summed E-state index contributed by atoms with van der Waals surface area (Å²) in [5.41, 5.74) is 1.67. The van der Waals surface area contributed by atoms with Crippen LogP contribution in [0, 0.1) is 5.82 Å². The topological polar surface area (TPSA) is 92.3 Å². The molecule has 2 heterocycles. The maximum atomic E-state index is 13.2. The number of nitrogens with zero attached hydrogens (tertiary/aromatic N) is 3. The highest BCUT2D eigenvalue weighted by Crippen LogP contribution is 2.34. The van der Waals surface area contributed by atoms with Crippen molar-refractivity contribution in [2.24, 2.45) is 0 Å². The third-order valence-electron chi connectivity index (χ3n) is 4.07. The molecule has 0 fully saturated rings. The second-order valence-corrected chi connectivity index (χ2v) is 8.81. The number of anilines is 2. The molecule has 1 aliphatic rings. The van der Waals surface area contributed by atoms with Crippen LogP contribution in [0.2, 0.25) is 0 Å². The molecule has 27 heavy (non-hydrogen) atoms. The van der Waals surface area contributed by atoms with E-state index in [9.17, 15) is 17.6 Å². The van der Waals surface area contributed by atoms with Crippen LogP contribution >= 0.6 is 11.3 Å². The number of halogens is 1. The molecule has 2 aromatic carbocycles. The molecule has 3 aromatic rings. The minimum absolute atomic E-state index is 0.0234. The van der Waals surface area contributed by atoms with Gasteiger partial charge in [-0.25, -0.2) is 4.39 Å². The smallest absolute Gasteiger partial charge is 0.293 e. The molecule has 0 aliphatic carbocycles. The van der Waals surface area contributed by atoms with Gasteiger partial charge >= 0.3 is 0 Å². The zero-order valence-corrected chi connectivity index (χ0v) is 15.4. The number of benzene rings is 2. The van der Waals surface area contributed by atoms with E-state index in [0.29, 0.717) is 18.7 Å². The van der Waals surface area contributed by atoms with Crippen molar-refractivity contribution >= 4 is 38.1 Å². The molecular weight excluding hydrogens is 391 g/mol. The third kappa shape index (κ3) is 3.28. The molecule has 0 radical (unpaired) electrons. The van der Waals surface area contributed by atoms with Crippen molar-refractivity contribution < 1.29 is 17.6 Å². The normalized spacial score (nSPS) is 13.4. The molecule has 10 heteroatoms. The van der Waals surface area contributed by atoms with E-state index in [1.54, 1.807) is 12.1 Å². The van der Waals surface area contributed by atoms with Crippen LogP contribution in [0.4, 0.5) is 15.2 Å². The van der Waals surface area contributed by atoms with Crippen LogP contribution in [0.3, 0.4) is 0 Å². The number of aromatic nitrogens is 2. The molecule has 7 nitrogen and oxygen atoms in total. The maximum Gasteiger partial charge on any atom is 0.293 e. The average Bonchev–Trinajstić information content (AvgIpc) is 3.29. The van der Waals surface area contributed by atoms with Gasteiger partial charge in [-0.05, 0) is 36.2 Å². The SMILES string of the molecule is O=C(Nc1nnc(S(=O)(=O)N2CCc3ccccc32)s1)c1cccc(F)c1. The predicted octanol–water partition coefficient (Wildman–Crippen LogP) is 2.68. The highest BCUT2D eigenvalue weighted by atomic mass is 32.2. The summed E-state index contributed by atoms with van der Waals surface area (Å²) in [5, 5.41) is 9.92. The Morgan fingerprint density at radius 3 is 2.78 bits per heavy atom. The van der Waals surface area contributed by atoms with Crippen LogP contribution in [0.15, 0.2) is 52.9 Å². The van der Waals surface area contributed by atoms with E-state index in [1.165, 1.54) is 22.5 Å². The van der Waals surface area contributed by atoms with Gasteiger partial charge in [0.05, 0.1) is 5.69 Å². The Morgan fingerprint density at radius 2 is 1.96 bits per heavy atom. The van der Waals surface area contributed by atoms with Crippen molar-refractivity contribution in [3.8, 4) is 0 Å². The van der Waals surface area contributed by atoms with Gasteiger partial charge in [-0.2, -0.15) is 8.42 Å². The van der Waals surface area contributed by atoms with E-state index in [-0.39, 0.29) is 15.0 Å². The predicted molar refractivity (Wildman–Crippen MR) is 98.9 cm³/mol. The van der Waals surface area contributed by atoms with Gasteiger partial charge in [0, 0.05) is 12.1 Å². The fraction of sp³-hybridized carbons (Fsp3) is 0.118. The standard InChI is InChI=1S/C17H13FN4O3S2/c18-13-6-3-5-12(10-13)15(23)19-16-20-21-17(26-16)27(24,25)22-9-8-11-4-1-2-7-14(11)22/h1-7,10H,8-9H2,(H,19,20,23). The van der Waals surface area contributed by atoms with Crippen molar-refractivity contribution in [3.63, 3.8) is 0 Å². The highest BCUT2D eigenvalue weighted by molar-refractivity contribution is 7.94. The van der Waals surface area contributed by atoms with E-state index in [4.69, 9.17) is 0 Å². The Balaban J connectivity index is 1.56. The van der Waals surface area contributed by atoms with Crippen LogP contribution in [-0.2, 0) is 16.4 Å². The van der Waals surface area contributed by atoms with E-state index >= 15 is 0 Å². The van der Waals surface area contributed by atoms with Gasteiger partial charge in [0.2, 0.25) is 5.13 Å². The fourth-order valence-electron chi connectivity index (χ4n) is 2.82. The first-order valence-corrected chi connectivity index (χ1v) is 10.2. The van der Waals surface area contributed by atoms with E-state index in [2.05, 4.69) is 15.5 Å². The summed E-state index contributed by atoms with van der Waals surface area (Å²) in [4.78, 5) is 12.1. The second kappa shape index (κ2) is 6.71. The summed E-state index contributed by atoms with van der Waals surface area (Å²) in [5.74, 6) is -1.14. The first kappa shape index (κ1) is 17.6. The molecule has 1 N–H and O–H groups in total. The van der Waals surface area contributed by atoms with Crippen molar-refractivity contribution in [1.82, 2.24) is 10.2 Å². The lowest BCUT2D eigenvalue weighted by Crippen LogP contribution is -2.29. The third-order valence-corrected chi connectivity index (χ3v) is 7.07. The number of carbonyl (C=O) groups is 1. The van der Waals surface area contributed by atoms with E-state index in [0.717, 1.165) is 23.0 Å². The molecule has 138 valence electrons. The van der Waals surface area contributed by atoms with Crippen molar-refractivity contribution in [1.29, 1.82) is 0 Å². The van der Waals surface area contributed by atoms with Gasteiger partial charge in [-0.15, -0.1) is 10.2 Å². The lowest BCUT2D eigenvalue weighted by Gasteiger charge is -2.17. The van der Waals surface area contributed by atoms with Gasteiger partial charge < -0.3 is 0 Å². The number of fused-ring (bicyclic) bond motifs is 1. The number of hydrogen-bond acceptors (Lipinski definition) is 6. The Labute approximate surface area is 158 Å². The Kier molecular flexibility index (Phi) is 4.36. The van der Waals surface area contributed by atoms with Crippen LogP contribution in [0.1, 0.15) is 15.9 Å². The molecule has 1 aromatic heterocycles. The number of rotatable bonds is 4. The largest absolute Gasteiger partial charge is 0.296 e. The van der Waals surface area contributed by atoms with Crippen molar-refractivity contribution in [2.75, 3.05) is 16.2 Å². The first-order valence-electron chi connectivity index (χ1n) is 7.96. The zero-order chi connectivity index (χ0) is 19.0. The molecule has 0 saturated heterocycles. The van der Waals surface area contributed by atoms with Crippen molar-refractivity contribution in [2.45, 2.75) is 10.8 Å². The molecule has 4 rings (SSSR count). The Morgan fingerprint density at radius 1 is 1.15 bits per heavy atom. The number of carbonyl (C=O) groups excluding carboxylic acids is 1. The van der Waals surface area contributed by atoms with Gasteiger partial charge in [0.15, 0.2) is 0 Å². The summed E-state index contributed by atoms with van der Waals surface area (Å²) in [6.07, 6.45) is 0.622. The fourth-order valence-corrected chi connectivity index (χ4v) is 5.32. The number of nitrogens with one attached hydrogen (secondary N) is 1. The van der Waals surface area contributed by atoms with Crippen LogP contribution in [0.5, 0.6) is 0 Å². The molecule has 1 amide bonds. The minimum Gasteiger partial charge on any atom is -0.296 e. The maximum absolute atomic E-state index is 13.2. The second-order valence-electron chi connectivity index (χ2n) is 5.79. The Bertz CT molecular complexity index is 1130. The minimum atomic E-state index is -3.87. The van der Waals surface area contributed by atoms with Gasteiger partial charge in [0.1, 0.15) is 5.82 Å². The molecule has 0 atom stereocenters. The quantitative estimate of drug-likeness (QED) is 0.675. The van der Waals surface area contributed by atoms with Crippen LogP contribution in [0.25, 0.3) is 0 Å². The lowest BCUT2D eigenvalue weighted by molar-refractivity contribution is 0.102. The average molecular weight is 404 g/mol. The lowest BCUT2D eigenvalue weighted by atomic mass is 10.2. The monoisotopic (exact) mass is 404 g/mol. The number of sulfonamides is 1. The highest BCUT2D eigenvalue weighted by Gasteiger charge is 2.33.